The highest BCUT2D eigenvalue weighted by Gasteiger charge is 2.38. The van der Waals surface area contributed by atoms with Gasteiger partial charge in [0, 0.05) is 9.79 Å². The molecule has 2 aromatic carbocycles. The number of nitro benzene ring substituents is 2. The van der Waals surface area contributed by atoms with Crippen LogP contribution in [0.25, 0.3) is 0 Å². The Balaban J connectivity index is 2.41. The molecule has 0 saturated heterocycles. The van der Waals surface area contributed by atoms with Crippen molar-refractivity contribution in [3.8, 4) is 0 Å². The Morgan fingerprint density at radius 2 is 0.962 bits per heavy atom. The maximum Gasteiger partial charge on any atom is 0.304 e. The van der Waals surface area contributed by atoms with Crippen molar-refractivity contribution in [2.45, 2.75) is 33.4 Å². The first kappa shape index (κ1) is 19.9. The van der Waals surface area contributed by atoms with E-state index in [2.05, 4.69) is 0 Å². The van der Waals surface area contributed by atoms with E-state index in [0.29, 0.717) is 20.9 Å². The van der Waals surface area contributed by atoms with Gasteiger partial charge in [0.1, 0.15) is 19.8 Å². The van der Waals surface area contributed by atoms with E-state index in [4.69, 9.17) is 46.4 Å². The number of benzene rings is 2. The van der Waals surface area contributed by atoms with Crippen LogP contribution in [0.1, 0.15) is 11.1 Å². The molecule has 6 nitrogen and oxygen atoms in total. The summed E-state index contributed by atoms with van der Waals surface area (Å²) >= 11 is 26.5. The summed E-state index contributed by atoms with van der Waals surface area (Å²) in [7, 11) is 0. The first-order chi connectivity index (χ1) is 12.1. The molecular formula is C14H6Cl4N2O4S2. The molecule has 0 saturated carbocycles. The number of rotatable bonds is 2. The fourth-order valence-corrected chi connectivity index (χ4v) is 6.49. The quantitative estimate of drug-likeness (QED) is 0.286. The predicted molar refractivity (Wildman–Crippen MR) is 104 cm³/mol. The second-order valence-corrected chi connectivity index (χ2v) is 8.79. The molecule has 0 amide bonds. The van der Waals surface area contributed by atoms with Gasteiger partial charge >= 0.3 is 11.4 Å². The molecule has 3 rings (SSSR count). The number of hydrogen-bond acceptors (Lipinski definition) is 6. The molecule has 0 atom stereocenters. The number of fused-ring (bicyclic) bond motifs is 2. The second kappa shape index (κ2) is 6.92. The minimum atomic E-state index is -0.652. The van der Waals surface area contributed by atoms with Crippen molar-refractivity contribution in [1.82, 2.24) is 0 Å². The van der Waals surface area contributed by atoms with Gasteiger partial charge in [-0.25, -0.2) is 0 Å². The molecule has 1 aliphatic rings. The van der Waals surface area contributed by atoms with Crippen LogP contribution in [0.15, 0.2) is 19.6 Å². The Bertz CT molecular complexity index is 950. The van der Waals surface area contributed by atoms with Crippen molar-refractivity contribution < 1.29 is 9.85 Å². The summed E-state index contributed by atoms with van der Waals surface area (Å²) in [4.78, 5) is 23.2. The van der Waals surface area contributed by atoms with Crippen LogP contribution in [0.5, 0.6) is 0 Å². The summed E-state index contributed by atoms with van der Waals surface area (Å²) in [5.41, 5.74) is 0.318. The third-order valence-electron chi connectivity index (χ3n) is 3.76. The van der Waals surface area contributed by atoms with Crippen LogP contribution in [0.3, 0.4) is 0 Å². The van der Waals surface area contributed by atoms with Gasteiger partial charge in [0.15, 0.2) is 0 Å². The van der Waals surface area contributed by atoms with E-state index in [9.17, 15) is 20.2 Å². The van der Waals surface area contributed by atoms with Crippen LogP contribution < -0.4 is 0 Å². The van der Waals surface area contributed by atoms with Crippen molar-refractivity contribution in [2.75, 3.05) is 0 Å². The third kappa shape index (κ3) is 2.83. The normalized spacial score (nSPS) is 12.5. The average molecular weight is 472 g/mol. The number of hydrogen-bond donors (Lipinski definition) is 0. The maximum atomic E-state index is 11.5. The number of nitrogens with zero attached hydrogens (tertiary/aromatic N) is 2. The zero-order chi connectivity index (χ0) is 19.5. The molecule has 0 fully saturated rings. The highest BCUT2D eigenvalue weighted by atomic mass is 35.5. The summed E-state index contributed by atoms with van der Waals surface area (Å²) in [5.74, 6) is 0. The third-order valence-corrected chi connectivity index (χ3v) is 8.52. The zero-order valence-corrected chi connectivity index (χ0v) is 17.5. The standard InChI is InChI=1S/C14H6Cl4N2O4S2/c1-3-5(15)7(17)9(19(21)22)13-11(3)25-12-4(2)6(16)8(18)10(20(23)24)14(12)26-13/h1-2H3. The van der Waals surface area contributed by atoms with Gasteiger partial charge in [-0.3, -0.25) is 20.2 Å². The molecule has 0 N–H and O–H groups in total. The van der Waals surface area contributed by atoms with Gasteiger partial charge in [-0.05, 0) is 25.0 Å². The van der Waals surface area contributed by atoms with Gasteiger partial charge < -0.3 is 0 Å². The number of halogens is 4. The highest BCUT2D eigenvalue weighted by Crippen LogP contribution is 2.61. The van der Waals surface area contributed by atoms with Gasteiger partial charge in [-0.15, -0.1) is 0 Å². The molecular weight excluding hydrogens is 466 g/mol. The first-order valence-electron chi connectivity index (χ1n) is 6.75. The Labute approximate surface area is 175 Å². The van der Waals surface area contributed by atoms with Crippen LogP contribution in [0.2, 0.25) is 20.1 Å². The van der Waals surface area contributed by atoms with Gasteiger partial charge in [0.05, 0.1) is 19.9 Å². The largest absolute Gasteiger partial charge is 0.304 e. The Morgan fingerprint density at radius 3 is 1.27 bits per heavy atom. The van der Waals surface area contributed by atoms with Crippen LogP contribution >= 0.6 is 69.9 Å². The molecule has 0 unspecified atom stereocenters. The summed E-state index contributed by atoms with van der Waals surface area (Å²) in [6.45, 7) is 3.35. The van der Waals surface area contributed by atoms with E-state index in [1.54, 1.807) is 13.8 Å². The van der Waals surface area contributed by atoms with Crippen molar-refractivity contribution in [2.24, 2.45) is 0 Å². The molecule has 1 heterocycles. The predicted octanol–water partition coefficient (Wildman–Crippen LogP) is 7.35. The lowest BCUT2D eigenvalue weighted by Gasteiger charge is -2.23. The molecule has 26 heavy (non-hydrogen) atoms. The molecule has 2 aromatic rings. The molecule has 0 bridgehead atoms. The molecule has 0 spiro atoms. The summed E-state index contributed by atoms with van der Waals surface area (Å²) in [5, 5.41) is 22.8. The van der Waals surface area contributed by atoms with E-state index in [-0.39, 0.29) is 29.9 Å². The van der Waals surface area contributed by atoms with Crippen molar-refractivity contribution in [3.05, 3.63) is 51.4 Å². The lowest BCUT2D eigenvalue weighted by Crippen LogP contribution is -2.04. The maximum absolute atomic E-state index is 11.5. The van der Waals surface area contributed by atoms with Crippen molar-refractivity contribution in [1.29, 1.82) is 0 Å². The molecule has 0 aromatic heterocycles. The van der Waals surface area contributed by atoms with E-state index in [0.717, 1.165) is 23.5 Å². The average Bonchev–Trinajstić information content (AvgIpc) is 2.56. The zero-order valence-electron chi connectivity index (χ0n) is 12.9. The van der Waals surface area contributed by atoms with Gasteiger partial charge in [0.25, 0.3) is 0 Å². The van der Waals surface area contributed by atoms with Crippen LogP contribution in [-0.2, 0) is 0 Å². The van der Waals surface area contributed by atoms with Crippen molar-refractivity contribution in [3.63, 3.8) is 0 Å². The van der Waals surface area contributed by atoms with Crippen LogP contribution in [0.4, 0.5) is 11.4 Å². The minimum Gasteiger partial charge on any atom is -0.258 e. The van der Waals surface area contributed by atoms with Gasteiger partial charge in [-0.1, -0.05) is 69.9 Å². The molecule has 136 valence electrons. The van der Waals surface area contributed by atoms with Crippen molar-refractivity contribution >= 4 is 81.3 Å². The highest BCUT2D eigenvalue weighted by molar-refractivity contribution is 8.05. The molecule has 0 aliphatic carbocycles. The second-order valence-electron chi connectivity index (χ2n) is 5.24. The van der Waals surface area contributed by atoms with E-state index in [1.807, 2.05) is 0 Å². The van der Waals surface area contributed by atoms with Crippen LogP contribution in [0, 0.1) is 34.1 Å². The summed E-state index contributed by atoms with van der Waals surface area (Å²) in [6.07, 6.45) is 0. The smallest absolute Gasteiger partial charge is 0.258 e. The number of nitro groups is 2. The lowest BCUT2D eigenvalue weighted by atomic mass is 10.2. The summed E-state index contributed by atoms with van der Waals surface area (Å²) in [6, 6.07) is 0. The Morgan fingerprint density at radius 1 is 0.654 bits per heavy atom. The van der Waals surface area contributed by atoms with E-state index >= 15 is 0 Å². The van der Waals surface area contributed by atoms with Crippen LogP contribution in [-0.4, -0.2) is 9.85 Å². The SMILES string of the molecule is Cc1c(Cl)c(Cl)c([N+](=O)[O-])c2c1Sc1c(C)c(Cl)c(Cl)c([N+](=O)[O-])c1S2. The van der Waals surface area contributed by atoms with Gasteiger partial charge in [-0.2, -0.15) is 0 Å². The van der Waals surface area contributed by atoms with Gasteiger partial charge in [0.2, 0.25) is 0 Å². The van der Waals surface area contributed by atoms with E-state index < -0.39 is 21.2 Å². The monoisotopic (exact) mass is 470 g/mol. The summed E-state index contributed by atoms with van der Waals surface area (Å²) < 4.78 is 0. The molecule has 1 aliphatic heterocycles. The Kier molecular flexibility index (Phi) is 5.29. The lowest BCUT2D eigenvalue weighted by molar-refractivity contribution is -0.388. The topological polar surface area (TPSA) is 86.3 Å². The Hall–Kier alpha value is -0.900. The fourth-order valence-electron chi connectivity index (χ4n) is 2.46. The van der Waals surface area contributed by atoms with E-state index in [1.165, 1.54) is 0 Å². The minimum absolute atomic E-state index is 0.0703. The molecule has 12 heteroatoms. The fraction of sp³-hybridized carbons (Fsp3) is 0.143. The molecule has 0 radical (unpaired) electrons. The first-order valence-corrected chi connectivity index (χ1v) is 9.89.